The molecule has 0 aliphatic rings. The van der Waals surface area contributed by atoms with E-state index in [0.29, 0.717) is 44.5 Å². The Morgan fingerprint density at radius 1 is 0.757 bits per heavy atom. The van der Waals surface area contributed by atoms with E-state index in [4.69, 9.17) is 4.42 Å². The summed E-state index contributed by atoms with van der Waals surface area (Å²) in [4.78, 5) is 50.5. The van der Waals surface area contributed by atoms with E-state index in [0.717, 1.165) is 15.4 Å². The maximum absolute atomic E-state index is 11.6. The smallest absolute Gasteiger partial charge is 0.185 e. The van der Waals surface area contributed by atoms with Crippen LogP contribution in [-0.2, 0) is 0 Å². The van der Waals surface area contributed by atoms with E-state index >= 15 is 0 Å². The van der Waals surface area contributed by atoms with Crippen molar-refractivity contribution in [2.75, 3.05) is 20.6 Å². The molecular weight excluding hydrogens is 604 g/mol. The number of hydrogen-bond acceptors (Lipinski definition) is 7. The van der Waals surface area contributed by atoms with Gasteiger partial charge in [0.05, 0.1) is 6.26 Å². The van der Waals surface area contributed by atoms with Crippen LogP contribution >= 0.6 is 0 Å². The van der Waals surface area contributed by atoms with Crippen LogP contribution in [0.5, 0.6) is 0 Å². The number of rotatable bonds is 10. The van der Waals surface area contributed by atoms with Crippen LogP contribution in [0.2, 0.25) is 0 Å². The third-order valence-electron chi connectivity index (χ3n) is 4.41. The number of Topliss-reactive ketones (excluding diaryl/α,β-unsaturated/α-hetero) is 3. The van der Waals surface area contributed by atoms with E-state index in [2.05, 4.69) is 9.36 Å². The molecule has 0 fully saturated rings. The molecule has 4 heterocycles. The number of carbonyl (C=O) groups excluding carboxylic acids is 4. The van der Waals surface area contributed by atoms with Gasteiger partial charge in [-0.1, -0.05) is 14.9 Å². The predicted molar refractivity (Wildman–Crippen MR) is 148 cm³/mol. The van der Waals surface area contributed by atoms with Crippen LogP contribution in [0.3, 0.4) is 0 Å². The number of furan rings is 2. The van der Waals surface area contributed by atoms with Gasteiger partial charge in [-0.05, 0) is 12.1 Å². The Labute approximate surface area is 231 Å². The first-order chi connectivity index (χ1) is 16.9. The molecule has 0 bridgehead atoms. The van der Waals surface area contributed by atoms with Crippen LogP contribution in [0.1, 0.15) is 73.7 Å². The average molecular weight is 640 g/mol. The van der Waals surface area contributed by atoms with Crippen LogP contribution < -0.4 is 0 Å². The van der Waals surface area contributed by atoms with E-state index in [-0.39, 0.29) is 53.8 Å². The number of ketones is 3. The first kappa shape index (κ1) is 34.2. The summed E-state index contributed by atoms with van der Waals surface area (Å²) < 4.78 is 11.4. The number of carbonyl (C=O) groups is 4. The Morgan fingerprint density at radius 3 is 1.70 bits per heavy atom. The molecule has 4 aromatic rings. The van der Waals surface area contributed by atoms with Gasteiger partial charge in [-0.25, -0.2) is 0 Å². The van der Waals surface area contributed by atoms with E-state index < -0.39 is 0 Å². The molecule has 0 radical (unpaired) electrons. The molecule has 0 saturated heterocycles. The fourth-order valence-corrected chi connectivity index (χ4v) is 5.51. The van der Waals surface area contributed by atoms with E-state index in [9.17, 15) is 19.2 Å². The molecule has 4 aromatic heterocycles. The Balaban J connectivity index is 0.000000548. The van der Waals surface area contributed by atoms with Crippen molar-refractivity contribution in [2.24, 2.45) is 0 Å². The predicted octanol–water partition coefficient (Wildman–Crippen LogP) is 5.42. The quantitative estimate of drug-likeness (QED) is 0.130. The fraction of sp³-hybridized carbons (Fsp3) is 0.286. The molecule has 0 N–H and O–H groups in total. The first-order valence-electron chi connectivity index (χ1n) is 10.7. The minimum Gasteiger partial charge on any atom is -0.462 e. The van der Waals surface area contributed by atoms with Crippen LogP contribution in [0.25, 0.3) is 0 Å². The van der Waals surface area contributed by atoms with E-state index in [1.165, 1.54) is 12.5 Å². The molecule has 200 valence electrons. The molecule has 0 spiro atoms. The molecule has 0 aliphatic heterocycles. The van der Waals surface area contributed by atoms with Crippen LogP contribution in [0, 0.1) is 0 Å². The molecular formula is C28H35NO6Se2. The van der Waals surface area contributed by atoms with E-state index in [1.807, 2.05) is 48.2 Å². The van der Waals surface area contributed by atoms with Crippen LogP contribution in [0.4, 0.5) is 0 Å². The largest absolute Gasteiger partial charge is 0.462 e. The summed E-state index contributed by atoms with van der Waals surface area (Å²) >= 11 is 0.466. The summed E-state index contributed by atoms with van der Waals surface area (Å²) in [5, 5.41) is 0. The Hall–Kier alpha value is -2.80. The minimum absolute atomic E-state index is 0. The van der Waals surface area contributed by atoms with Crippen LogP contribution in [0.15, 0.2) is 79.8 Å². The second-order valence-corrected chi connectivity index (χ2v) is 11.4. The summed E-state index contributed by atoms with van der Waals surface area (Å²) in [5.74, 6) is 0.979. The Bertz CT molecular complexity index is 1080. The normalized spacial score (nSPS) is 9.49. The third kappa shape index (κ3) is 13.4. The molecule has 4 rings (SSSR count). The number of hydrogen-bond donors (Lipinski definition) is 0. The van der Waals surface area contributed by atoms with Gasteiger partial charge in [0.1, 0.15) is 0 Å². The SMILES string of the molecule is C.C.CN(C)CCC(=O)c1ccc[se]1.O=C(CCC(=O)c1ccc[se]1)c1ccco1.O=Cc1ccco1. The number of aldehydes is 1. The van der Waals surface area contributed by atoms with E-state index in [1.54, 1.807) is 24.3 Å². The fourth-order valence-electron chi connectivity index (χ4n) is 2.59. The average Bonchev–Trinajstić information content (AvgIpc) is 3.69. The second kappa shape index (κ2) is 19.3. The van der Waals surface area contributed by atoms with Gasteiger partial charge < -0.3 is 4.42 Å². The monoisotopic (exact) mass is 641 g/mol. The van der Waals surface area contributed by atoms with Gasteiger partial charge in [0, 0.05) is 0 Å². The van der Waals surface area contributed by atoms with Crippen molar-refractivity contribution in [2.45, 2.75) is 34.1 Å². The van der Waals surface area contributed by atoms with Crippen molar-refractivity contribution in [3.63, 3.8) is 0 Å². The molecule has 7 nitrogen and oxygen atoms in total. The first-order valence-corrected chi connectivity index (χ1v) is 14.4. The topological polar surface area (TPSA) is 97.8 Å². The minimum atomic E-state index is -0.114. The molecule has 0 atom stereocenters. The molecule has 0 saturated carbocycles. The van der Waals surface area contributed by atoms with Crippen molar-refractivity contribution in [3.8, 4) is 0 Å². The molecule has 0 amide bonds. The Morgan fingerprint density at radius 2 is 1.30 bits per heavy atom. The summed E-state index contributed by atoms with van der Waals surface area (Å²) in [6.45, 7) is 0.853. The van der Waals surface area contributed by atoms with Gasteiger partial charge in [0.2, 0.25) is 0 Å². The van der Waals surface area contributed by atoms with Crippen molar-refractivity contribution < 1.29 is 28.0 Å². The zero-order valence-electron chi connectivity index (χ0n) is 19.5. The summed E-state index contributed by atoms with van der Waals surface area (Å²) in [5.41, 5.74) is 0. The summed E-state index contributed by atoms with van der Waals surface area (Å²) in [7, 11) is 3.97. The van der Waals surface area contributed by atoms with Crippen molar-refractivity contribution in [1.82, 2.24) is 4.90 Å². The maximum atomic E-state index is 11.6. The van der Waals surface area contributed by atoms with Gasteiger partial charge in [-0.3, -0.25) is 4.79 Å². The third-order valence-corrected chi connectivity index (χ3v) is 8.23. The zero-order chi connectivity index (χ0) is 25.5. The van der Waals surface area contributed by atoms with Crippen molar-refractivity contribution >= 4 is 52.6 Å². The molecule has 9 heteroatoms. The molecule has 0 unspecified atom stereocenters. The van der Waals surface area contributed by atoms with Crippen molar-refractivity contribution in [3.05, 3.63) is 91.3 Å². The zero-order valence-corrected chi connectivity index (χ0v) is 23.0. The van der Waals surface area contributed by atoms with Gasteiger partial charge >= 0.3 is 177 Å². The second-order valence-electron chi connectivity index (χ2n) is 7.39. The van der Waals surface area contributed by atoms with Gasteiger partial charge in [-0.2, -0.15) is 0 Å². The summed E-state index contributed by atoms with van der Waals surface area (Å²) in [6.07, 6.45) is 4.74. The Kier molecular flexibility index (Phi) is 17.9. The maximum Gasteiger partial charge on any atom is 0.185 e. The molecule has 0 aromatic carbocycles. The van der Waals surface area contributed by atoms with Gasteiger partial charge in [0.15, 0.2) is 12.0 Å². The standard InChI is InChI=1S/C12H10O3Se.C9H13NOSe.C5H4O2.2CH4/c13-9(11-3-1-7-15-11)5-6-10(14)12-4-2-8-16-12;1-10(2)6-5-8(11)9-4-3-7-12-9;6-4-5-2-1-3-7-5;;/h1-4,7-8H,5-6H2;3-4,7H,5-6H2,1-2H3;1-4H;2*1H4. The van der Waals surface area contributed by atoms with Gasteiger partial charge in [-0.15, -0.1) is 0 Å². The molecule has 0 aliphatic carbocycles. The molecule has 37 heavy (non-hydrogen) atoms. The van der Waals surface area contributed by atoms with Crippen molar-refractivity contribution in [1.29, 1.82) is 0 Å². The van der Waals surface area contributed by atoms with Crippen LogP contribution in [-0.4, -0.2) is 78.2 Å². The summed E-state index contributed by atoms with van der Waals surface area (Å²) in [6, 6.07) is 14.2. The van der Waals surface area contributed by atoms with Gasteiger partial charge in [0.25, 0.3) is 0 Å². The number of nitrogens with zero attached hydrogens (tertiary/aromatic N) is 1.